The monoisotopic (exact) mass is 751 g/mol. The number of aliphatic hydroxyl groups is 4. The zero-order valence-corrected chi connectivity index (χ0v) is 33.3. The highest BCUT2D eigenvalue weighted by atomic mass is 16.5. The van der Waals surface area contributed by atoms with Gasteiger partial charge in [-0.25, -0.2) is 0 Å². The lowest BCUT2D eigenvalue weighted by atomic mass is 9.97. The largest absolute Gasteiger partial charge is 0.493 e. The van der Waals surface area contributed by atoms with Crippen molar-refractivity contribution in [1.29, 1.82) is 0 Å². The third kappa shape index (κ3) is 17.9. The molecule has 0 fully saturated rings. The molecule has 0 spiro atoms. The molecule has 54 heavy (non-hydrogen) atoms. The zero-order chi connectivity index (χ0) is 38.6. The molecule has 2 atom stereocenters. The molecule has 3 rings (SSSR count). The number of ether oxygens (including phenoxy) is 4. The molecule has 0 saturated carbocycles. The van der Waals surface area contributed by atoms with Crippen molar-refractivity contribution in [1.82, 2.24) is 0 Å². The van der Waals surface area contributed by atoms with Crippen molar-refractivity contribution in [2.24, 2.45) is 0 Å². The average Bonchev–Trinajstić information content (AvgIpc) is 3.20. The summed E-state index contributed by atoms with van der Waals surface area (Å²) in [5.74, 6) is 2.76. The highest BCUT2D eigenvalue weighted by Crippen LogP contribution is 2.42. The standard InChI is InChI=1S/C46H70O8/c1-3-5-7-9-11-12-13-14-15-16-18-20-30-52-46-32-43(37-21-25-41(26-22-37)53-35-39(49)33-47)45(51-29-19-17-10-8-6-4-2)31-44(46)38-23-27-42(28-24-38)54-36-40(50)34-48/h21-28,31-32,39-40,47-50H,3-20,29-30,33-36H2,1-2H3. The maximum atomic E-state index is 9.74. The maximum Gasteiger partial charge on any atom is 0.128 e. The minimum atomic E-state index is -0.934. The van der Waals surface area contributed by atoms with E-state index in [0.717, 1.165) is 59.4 Å². The van der Waals surface area contributed by atoms with Crippen molar-refractivity contribution in [3.8, 4) is 45.3 Å². The first-order valence-corrected chi connectivity index (χ1v) is 21.0. The molecule has 0 aliphatic heterocycles. The van der Waals surface area contributed by atoms with Crippen LogP contribution in [0.3, 0.4) is 0 Å². The summed E-state index contributed by atoms with van der Waals surface area (Å²) in [6.07, 6.45) is 20.6. The second-order valence-electron chi connectivity index (χ2n) is 14.5. The summed E-state index contributed by atoms with van der Waals surface area (Å²) in [5.41, 5.74) is 3.76. The molecule has 302 valence electrons. The summed E-state index contributed by atoms with van der Waals surface area (Å²) in [5, 5.41) is 37.8. The van der Waals surface area contributed by atoms with E-state index in [-0.39, 0.29) is 26.4 Å². The van der Waals surface area contributed by atoms with Crippen molar-refractivity contribution in [2.45, 2.75) is 142 Å². The van der Waals surface area contributed by atoms with E-state index < -0.39 is 12.2 Å². The van der Waals surface area contributed by atoms with Gasteiger partial charge >= 0.3 is 0 Å². The quantitative estimate of drug-likeness (QED) is 0.0466. The fourth-order valence-electron chi connectivity index (χ4n) is 6.39. The van der Waals surface area contributed by atoms with Crippen LogP contribution < -0.4 is 18.9 Å². The van der Waals surface area contributed by atoms with Crippen LogP contribution in [0.15, 0.2) is 60.7 Å². The van der Waals surface area contributed by atoms with Crippen LogP contribution in [0.5, 0.6) is 23.0 Å². The van der Waals surface area contributed by atoms with E-state index in [9.17, 15) is 15.3 Å². The Morgan fingerprint density at radius 3 is 1.06 bits per heavy atom. The van der Waals surface area contributed by atoms with Crippen molar-refractivity contribution in [2.75, 3.05) is 39.6 Å². The van der Waals surface area contributed by atoms with E-state index in [1.807, 2.05) is 48.5 Å². The minimum Gasteiger partial charge on any atom is -0.493 e. The first kappa shape index (κ1) is 45.1. The highest BCUT2D eigenvalue weighted by molar-refractivity contribution is 5.81. The topological polar surface area (TPSA) is 118 Å². The normalized spacial score (nSPS) is 12.4. The van der Waals surface area contributed by atoms with E-state index in [2.05, 4.69) is 26.0 Å². The van der Waals surface area contributed by atoms with Crippen LogP contribution in [-0.4, -0.2) is 72.3 Å². The average molecular weight is 751 g/mol. The van der Waals surface area contributed by atoms with Crippen LogP contribution in [0.4, 0.5) is 0 Å². The summed E-state index contributed by atoms with van der Waals surface area (Å²) in [7, 11) is 0. The molecule has 0 aromatic heterocycles. The van der Waals surface area contributed by atoms with Crippen LogP contribution in [0.1, 0.15) is 129 Å². The van der Waals surface area contributed by atoms with Crippen molar-refractivity contribution in [3.63, 3.8) is 0 Å². The highest BCUT2D eigenvalue weighted by Gasteiger charge is 2.17. The molecule has 0 saturated heterocycles. The molecular formula is C46H70O8. The van der Waals surface area contributed by atoms with Gasteiger partial charge in [0.2, 0.25) is 0 Å². The third-order valence-electron chi connectivity index (χ3n) is 9.73. The molecule has 8 nitrogen and oxygen atoms in total. The van der Waals surface area contributed by atoms with Crippen LogP contribution in [-0.2, 0) is 0 Å². The number of rotatable bonds is 32. The first-order valence-electron chi connectivity index (χ1n) is 21.0. The predicted octanol–water partition coefficient (Wildman–Crippen LogP) is 10.3. The molecule has 0 radical (unpaired) electrons. The Kier molecular flexibility index (Phi) is 23.5. The number of hydrogen-bond donors (Lipinski definition) is 4. The molecule has 0 aliphatic rings. The van der Waals surface area contributed by atoms with Crippen molar-refractivity contribution in [3.05, 3.63) is 60.7 Å². The fourth-order valence-corrected chi connectivity index (χ4v) is 6.39. The Hall–Kier alpha value is -3.30. The summed E-state index contributed by atoms with van der Waals surface area (Å²) in [4.78, 5) is 0. The van der Waals surface area contributed by atoms with Gasteiger partial charge in [0, 0.05) is 11.1 Å². The molecule has 2 unspecified atom stereocenters. The Balaban J connectivity index is 1.78. The third-order valence-corrected chi connectivity index (χ3v) is 9.73. The zero-order valence-electron chi connectivity index (χ0n) is 33.3. The Morgan fingerprint density at radius 2 is 0.741 bits per heavy atom. The molecule has 0 aliphatic carbocycles. The molecular weight excluding hydrogens is 680 g/mol. The van der Waals surface area contributed by atoms with Gasteiger partial charge < -0.3 is 39.4 Å². The van der Waals surface area contributed by atoms with Gasteiger partial charge in [-0.05, 0) is 60.4 Å². The number of benzene rings is 3. The Labute approximate surface area is 325 Å². The van der Waals surface area contributed by atoms with Crippen LogP contribution in [0.2, 0.25) is 0 Å². The van der Waals surface area contributed by atoms with Crippen LogP contribution in [0, 0.1) is 0 Å². The Morgan fingerprint density at radius 1 is 0.426 bits per heavy atom. The summed E-state index contributed by atoms with van der Waals surface area (Å²) in [6.45, 7) is 5.04. The second-order valence-corrected chi connectivity index (χ2v) is 14.5. The van der Waals surface area contributed by atoms with Gasteiger partial charge in [0.1, 0.15) is 48.4 Å². The molecule has 4 N–H and O–H groups in total. The number of unbranched alkanes of at least 4 members (excludes halogenated alkanes) is 16. The lowest BCUT2D eigenvalue weighted by Gasteiger charge is -2.19. The second kappa shape index (κ2) is 28.2. The SMILES string of the molecule is CCCCCCCCCCCCCCOc1cc(-c2ccc(OCC(O)CO)cc2)c(OCCCCCCCC)cc1-c1ccc(OCC(O)CO)cc1. The van der Waals surface area contributed by atoms with Gasteiger partial charge in [-0.3, -0.25) is 0 Å². The minimum absolute atomic E-state index is 0.0140. The molecule has 0 heterocycles. The lowest BCUT2D eigenvalue weighted by molar-refractivity contribution is 0.0536. The van der Waals surface area contributed by atoms with E-state index in [4.69, 9.17) is 24.1 Å². The van der Waals surface area contributed by atoms with Gasteiger partial charge in [-0.15, -0.1) is 0 Å². The molecule has 3 aromatic rings. The maximum absolute atomic E-state index is 9.74. The van der Waals surface area contributed by atoms with E-state index >= 15 is 0 Å². The lowest BCUT2D eigenvalue weighted by Crippen LogP contribution is -2.21. The number of hydrogen-bond acceptors (Lipinski definition) is 8. The summed E-state index contributed by atoms with van der Waals surface area (Å²) >= 11 is 0. The van der Waals surface area contributed by atoms with Crippen LogP contribution >= 0.6 is 0 Å². The van der Waals surface area contributed by atoms with Gasteiger partial charge in [0.15, 0.2) is 0 Å². The smallest absolute Gasteiger partial charge is 0.128 e. The molecule has 0 bridgehead atoms. The van der Waals surface area contributed by atoms with Gasteiger partial charge in [0.25, 0.3) is 0 Å². The molecule has 3 aromatic carbocycles. The summed E-state index contributed by atoms with van der Waals surface area (Å²) < 4.78 is 24.5. The first-order chi connectivity index (χ1) is 26.5. The number of aliphatic hydroxyl groups excluding tert-OH is 4. The van der Waals surface area contributed by atoms with Crippen molar-refractivity contribution >= 4 is 0 Å². The van der Waals surface area contributed by atoms with Gasteiger partial charge in [-0.1, -0.05) is 141 Å². The van der Waals surface area contributed by atoms with E-state index in [0.29, 0.717) is 24.7 Å². The van der Waals surface area contributed by atoms with E-state index in [1.54, 1.807) is 0 Å². The fraction of sp³-hybridized carbons (Fsp3) is 0.609. The van der Waals surface area contributed by atoms with E-state index in [1.165, 1.54) is 89.9 Å². The van der Waals surface area contributed by atoms with Gasteiger partial charge in [-0.2, -0.15) is 0 Å². The molecule has 0 amide bonds. The summed E-state index contributed by atoms with van der Waals surface area (Å²) in [6, 6.07) is 19.6. The Bertz CT molecular complexity index is 1360. The predicted molar refractivity (Wildman–Crippen MR) is 220 cm³/mol. The molecule has 8 heteroatoms. The van der Waals surface area contributed by atoms with Crippen molar-refractivity contribution < 1.29 is 39.4 Å². The van der Waals surface area contributed by atoms with Gasteiger partial charge in [0.05, 0.1) is 26.4 Å². The van der Waals surface area contributed by atoms with Crippen LogP contribution in [0.25, 0.3) is 22.3 Å².